The Hall–Kier alpha value is -1.91. The smallest absolute Gasteiger partial charge is 0.325 e. The molecule has 0 N–H and O–H groups in total. The number of amides is 1. The maximum absolute atomic E-state index is 13.6. The summed E-state index contributed by atoms with van der Waals surface area (Å²) < 4.78 is 18.8. The Morgan fingerprint density at radius 3 is 2.07 bits per heavy atom. The fourth-order valence-electron chi connectivity index (χ4n) is 2.93. The van der Waals surface area contributed by atoms with Crippen LogP contribution >= 0.6 is 0 Å². The van der Waals surface area contributed by atoms with Crippen LogP contribution in [0, 0.1) is 5.82 Å². The van der Waals surface area contributed by atoms with E-state index in [0.717, 1.165) is 19.3 Å². The molecule has 0 bridgehead atoms. The molecule has 0 saturated heterocycles. The van der Waals surface area contributed by atoms with Crippen LogP contribution in [-0.2, 0) is 9.53 Å². The molecule has 5 heteroatoms. The Morgan fingerprint density at radius 1 is 0.926 bits per heavy atom. The lowest BCUT2D eigenvalue weighted by atomic mass is 10.1. The molecule has 0 spiro atoms. The summed E-state index contributed by atoms with van der Waals surface area (Å²) in [4.78, 5) is 25.1. The first-order valence-corrected chi connectivity index (χ1v) is 10.2. The van der Waals surface area contributed by atoms with Crippen molar-refractivity contribution in [3.63, 3.8) is 0 Å². The van der Waals surface area contributed by atoms with Crippen LogP contribution in [0.3, 0.4) is 0 Å². The highest BCUT2D eigenvalue weighted by molar-refractivity contribution is 5.96. The molecule has 1 rings (SSSR count). The number of nitrogens with zero attached hydrogens (tertiary/aromatic N) is 1. The molecule has 0 aliphatic heterocycles. The second-order valence-electron chi connectivity index (χ2n) is 7.04. The molecule has 0 radical (unpaired) electrons. The highest BCUT2D eigenvalue weighted by Crippen LogP contribution is 2.11. The standard InChI is InChI=1S/C22H34FNO3/c1-3-4-5-6-7-8-9-10-11-14-17-27-21(25)18-24(2)22(26)19-15-12-13-16-20(19)23/h12-13,15-16H,3-11,14,17-18H2,1-2H3. The van der Waals surface area contributed by atoms with Gasteiger partial charge in [-0.3, -0.25) is 9.59 Å². The molecule has 0 atom stereocenters. The van der Waals surface area contributed by atoms with Crippen LogP contribution in [0.5, 0.6) is 0 Å². The molecule has 0 heterocycles. The Labute approximate surface area is 163 Å². The van der Waals surface area contributed by atoms with Crippen molar-refractivity contribution in [3.8, 4) is 0 Å². The first-order chi connectivity index (χ1) is 13.1. The number of rotatable bonds is 14. The van der Waals surface area contributed by atoms with Gasteiger partial charge in [-0.1, -0.05) is 76.8 Å². The first-order valence-electron chi connectivity index (χ1n) is 10.2. The van der Waals surface area contributed by atoms with Crippen LogP contribution in [0.25, 0.3) is 0 Å². The summed E-state index contributed by atoms with van der Waals surface area (Å²) in [6.45, 7) is 2.42. The van der Waals surface area contributed by atoms with Crippen LogP contribution in [0.1, 0.15) is 81.5 Å². The van der Waals surface area contributed by atoms with Gasteiger partial charge in [0.15, 0.2) is 0 Å². The second-order valence-corrected chi connectivity index (χ2v) is 7.04. The Bertz CT molecular complexity index is 562. The lowest BCUT2D eigenvalue weighted by Gasteiger charge is -2.16. The predicted molar refractivity (Wildman–Crippen MR) is 106 cm³/mol. The molecule has 1 amide bonds. The number of halogens is 1. The van der Waals surface area contributed by atoms with E-state index in [-0.39, 0.29) is 12.1 Å². The third-order valence-electron chi connectivity index (χ3n) is 4.58. The molecule has 0 aliphatic rings. The molecule has 152 valence electrons. The van der Waals surface area contributed by atoms with Crippen molar-refractivity contribution in [2.45, 2.75) is 71.1 Å². The third-order valence-corrected chi connectivity index (χ3v) is 4.58. The lowest BCUT2D eigenvalue weighted by molar-refractivity contribution is -0.144. The molecule has 1 aromatic rings. The van der Waals surface area contributed by atoms with E-state index in [1.165, 1.54) is 75.1 Å². The number of unbranched alkanes of at least 4 members (excludes halogenated alkanes) is 9. The highest BCUT2D eigenvalue weighted by atomic mass is 19.1. The molecule has 0 fully saturated rings. The van der Waals surface area contributed by atoms with Gasteiger partial charge in [0, 0.05) is 7.05 Å². The van der Waals surface area contributed by atoms with Gasteiger partial charge in [0.2, 0.25) is 0 Å². The van der Waals surface area contributed by atoms with Crippen molar-refractivity contribution in [3.05, 3.63) is 35.6 Å². The predicted octanol–water partition coefficient (Wildman–Crippen LogP) is 5.36. The van der Waals surface area contributed by atoms with E-state index in [1.807, 2.05) is 0 Å². The van der Waals surface area contributed by atoms with Gasteiger partial charge in [0.1, 0.15) is 12.4 Å². The number of hydrogen-bond donors (Lipinski definition) is 0. The third kappa shape index (κ3) is 10.1. The van der Waals surface area contributed by atoms with Gasteiger partial charge >= 0.3 is 5.97 Å². The second kappa shape index (κ2) is 14.2. The average Bonchev–Trinajstić information content (AvgIpc) is 2.66. The number of carbonyl (C=O) groups excluding carboxylic acids is 2. The monoisotopic (exact) mass is 379 g/mol. The summed E-state index contributed by atoms with van der Waals surface area (Å²) >= 11 is 0. The van der Waals surface area contributed by atoms with Crippen molar-refractivity contribution in [1.29, 1.82) is 0 Å². The maximum Gasteiger partial charge on any atom is 0.325 e. The van der Waals surface area contributed by atoms with Crippen LogP contribution in [0.4, 0.5) is 4.39 Å². The Morgan fingerprint density at radius 2 is 1.48 bits per heavy atom. The number of carbonyl (C=O) groups is 2. The zero-order chi connectivity index (χ0) is 19.9. The minimum absolute atomic E-state index is 0.0394. The van der Waals surface area contributed by atoms with Gasteiger partial charge in [-0.15, -0.1) is 0 Å². The summed E-state index contributed by atoms with van der Waals surface area (Å²) in [6, 6.07) is 5.74. The van der Waals surface area contributed by atoms with Crippen LogP contribution in [-0.4, -0.2) is 37.0 Å². The van der Waals surface area contributed by atoms with Crippen molar-refractivity contribution in [2.24, 2.45) is 0 Å². The number of hydrogen-bond acceptors (Lipinski definition) is 3. The van der Waals surface area contributed by atoms with Crippen molar-refractivity contribution in [2.75, 3.05) is 20.2 Å². The Balaban J connectivity index is 2.07. The maximum atomic E-state index is 13.6. The Kier molecular flexibility index (Phi) is 12.2. The van der Waals surface area contributed by atoms with E-state index in [9.17, 15) is 14.0 Å². The highest BCUT2D eigenvalue weighted by Gasteiger charge is 2.18. The average molecular weight is 380 g/mol. The zero-order valence-electron chi connectivity index (χ0n) is 16.8. The number of benzene rings is 1. The first kappa shape index (κ1) is 23.1. The van der Waals surface area contributed by atoms with Crippen molar-refractivity contribution in [1.82, 2.24) is 4.90 Å². The van der Waals surface area contributed by atoms with Gasteiger partial charge < -0.3 is 9.64 Å². The number of ether oxygens (including phenoxy) is 1. The summed E-state index contributed by atoms with van der Waals surface area (Å²) in [5.74, 6) is -1.57. The zero-order valence-corrected chi connectivity index (χ0v) is 16.8. The van der Waals surface area contributed by atoms with E-state index < -0.39 is 17.7 Å². The molecule has 0 unspecified atom stereocenters. The number of likely N-dealkylation sites (N-methyl/N-ethyl adjacent to an activating group) is 1. The SMILES string of the molecule is CCCCCCCCCCCCOC(=O)CN(C)C(=O)c1ccccc1F. The molecule has 4 nitrogen and oxygen atoms in total. The molecule has 1 aromatic carbocycles. The van der Waals surface area contributed by atoms with Crippen LogP contribution < -0.4 is 0 Å². The van der Waals surface area contributed by atoms with Gasteiger partial charge in [-0.05, 0) is 18.6 Å². The molecule has 0 aromatic heterocycles. The molecular weight excluding hydrogens is 345 g/mol. The summed E-state index contributed by atoms with van der Waals surface area (Å²) in [7, 11) is 1.47. The van der Waals surface area contributed by atoms with Gasteiger partial charge in [-0.2, -0.15) is 0 Å². The van der Waals surface area contributed by atoms with E-state index >= 15 is 0 Å². The van der Waals surface area contributed by atoms with Crippen LogP contribution in [0.15, 0.2) is 24.3 Å². The fraction of sp³-hybridized carbons (Fsp3) is 0.636. The van der Waals surface area contributed by atoms with Crippen molar-refractivity contribution >= 4 is 11.9 Å². The van der Waals surface area contributed by atoms with Gasteiger partial charge in [-0.25, -0.2) is 4.39 Å². The van der Waals surface area contributed by atoms with E-state index in [0.29, 0.717) is 6.61 Å². The minimum Gasteiger partial charge on any atom is -0.464 e. The van der Waals surface area contributed by atoms with Crippen molar-refractivity contribution < 1.29 is 18.7 Å². The summed E-state index contributed by atoms with van der Waals surface area (Å²) in [5.41, 5.74) is -0.0394. The van der Waals surface area contributed by atoms with Crippen LogP contribution in [0.2, 0.25) is 0 Å². The largest absolute Gasteiger partial charge is 0.464 e. The lowest BCUT2D eigenvalue weighted by Crippen LogP contribution is -2.33. The van der Waals surface area contributed by atoms with Gasteiger partial charge in [0.05, 0.1) is 12.2 Å². The van der Waals surface area contributed by atoms with Gasteiger partial charge in [0.25, 0.3) is 5.91 Å². The summed E-state index contributed by atoms with van der Waals surface area (Å²) in [5, 5.41) is 0. The fourth-order valence-corrected chi connectivity index (χ4v) is 2.93. The molecule has 27 heavy (non-hydrogen) atoms. The van der Waals surface area contributed by atoms with E-state index in [2.05, 4.69) is 6.92 Å². The molecule has 0 saturated carbocycles. The number of esters is 1. The van der Waals surface area contributed by atoms with E-state index in [4.69, 9.17) is 4.74 Å². The normalized spacial score (nSPS) is 10.6. The minimum atomic E-state index is -0.590. The summed E-state index contributed by atoms with van der Waals surface area (Å²) in [6.07, 6.45) is 12.2. The molecular formula is C22H34FNO3. The topological polar surface area (TPSA) is 46.6 Å². The van der Waals surface area contributed by atoms with E-state index in [1.54, 1.807) is 6.07 Å². The molecule has 0 aliphatic carbocycles. The quantitative estimate of drug-likeness (QED) is 0.323.